The van der Waals surface area contributed by atoms with Crippen molar-refractivity contribution in [2.24, 2.45) is 0 Å². The van der Waals surface area contributed by atoms with Crippen molar-refractivity contribution >= 4 is 21.6 Å². The van der Waals surface area contributed by atoms with Crippen molar-refractivity contribution in [3.63, 3.8) is 0 Å². The third kappa shape index (κ3) is 5.17. The molecule has 0 atom stereocenters. The van der Waals surface area contributed by atoms with Gasteiger partial charge in [0.2, 0.25) is 10.0 Å². The molecule has 0 N–H and O–H groups in total. The van der Waals surface area contributed by atoms with Gasteiger partial charge in [-0.15, -0.1) is 0 Å². The first-order valence-corrected chi connectivity index (χ1v) is 9.80. The SMILES string of the molecule is CN(CCOc1ccc(S(=O)(=O)N(C)C)cc1)Cc1c(F)cccc1Cl. The molecule has 26 heavy (non-hydrogen) atoms. The normalized spacial score (nSPS) is 12.0. The third-order valence-electron chi connectivity index (χ3n) is 3.83. The Kier molecular flexibility index (Phi) is 7.00. The monoisotopic (exact) mass is 400 g/mol. The molecule has 0 bridgehead atoms. The highest BCUT2D eigenvalue weighted by atomic mass is 35.5. The Hall–Kier alpha value is -1.67. The topological polar surface area (TPSA) is 49.9 Å². The van der Waals surface area contributed by atoms with Gasteiger partial charge in [0.05, 0.1) is 4.90 Å². The van der Waals surface area contributed by atoms with Crippen LogP contribution in [0.2, 0.25) is 5.02 Å². The first kappa shape index (κ1) is 20.6. The summed E-state index contributed by atoms with van der Waals surface area (Å²) in [6, 6.07) is 10.9. The third-order valence-corrected chi connectivity index (χ3v) is 6.02. The second-order valence-electron chi connectivity index (χ2n) is 6.05. The van der Waals surface area contributed by atoms with E-state index in [4.69, 9.17) is 16.3 Å². The van der Waals surface area contributed by atoms with Gasteiger partial charge in [-0.1, -0.05) is 17.7 Å². The van der Waals surface area contributed by atoms with Crippen LogP contribution >= 0.6 is 11.6 Å². The maximum atomic E-state index is 13.8. The predicted molar refractivity (Wildman–Crippen MR) is 101 cm³/mol. The minimum absolute atomic E-state index is 0.209. The Morgan fingerprint density at radius 3 is 2.31 bits per heavy atom. The van der Waals surface area contributed by atoms with Crippen LogP contribution in [0.3, 0.4) is 0 Å². The van der Waals surface area contributed by atoms with Crippen LogP contribution in [0.4, 0.5) is 4.39 Å². The molecule has 8 heteroatoms. The minimum atomic E-state index is -3.45. The highest BCUT2D eigenvalue weighted by molar-refractivity contribution is 7.89. The Balaban J connectivity index is 1.88. The van der Waals surface area contributed by atoms with Crippen molar-refractivity contribution in [2.75, 3.05) is 34.3 Å². The van der Waals surface area contributed by atoms with Crippen molar-refractivity contribution in [3.8, 4) is 5.75 Å². The smallest absolute Gasteiger partial charge is 0.242 e. The second kappa shape index (κ2) is 8.81. The maximum absolute atomic E-state index is 13.8. The Morgan fingerprint density at radius 2 is 1.73 bits per heavy atom. The lowest BCUT2D eigenvalue weighted by atomic mass is 10.2. The minimum Gasteiger partial charge on any atom is -0.492 e. The highest BCUT2D eigenvalue weighted by Crippen LogP contribution is 2.21. The maximum Gasteiger partial charge on any atom is 0.242 e. The fourth-order valence-electron chi connectivity index (χ4n) is 2.27. The van der Waals surface area contributed by atoms with Gasteiger partial charge in [-0.05, 0) is 43.4 Å². The van der Waals surface area contributed by atoms with Gasteiger partial charge in [0.15, 0.2) is 0 Å². The van der Waals surface area contributed by atoms with Crippen LogP contribution < -0.4 is 4.74 Å². The molecule has 0 radical (unpaired) electrons. The second-order valence-corrected chi connectivity index (χ2v) is 8.60. The molecule has 0 amide bonds. The molecule has 2 aromatic carbocycles. The first-order valence-electron chi connectivity index (χ1n) is 7.98. The fourth-order valence-corrected chi connectivity index (χ4v) is 3.39. The summed E-state index contributed by atoms with van der Waals surface area (Å²) in [5.41, 5.74) is 0.454. The van der Waals surface area contributed by atoms with Gasteiger partial charge < -0.3 is 4.74 Å². The van der Waals surface area contributed by atoms with E-state index in [1.54, 1.807) is 24.3 Å². The number of nitrogens with zero attached hydrogens (tertiary/aromatic N) is 2. The molecule has 5 nitrogen and oxygen atoms in total. The predicted octanol–water partition coefficient (Wildman–Crippen LogP) is 3.24. The van der Waals surface area contributed by atoms with Crippen molar-refractivity contribution in [1.29, 1.82) is 0 Å². The van der Waals surface area contributed by atoms with Crippen LogP contribution in [0.15, 0.2) is 47.4 Å². The van der Waals surface area contributed by atoms with Crippen LogP contribution in [0.5, 0.6) is 5.75 Å². The fraction of sp³-hybridized carbons (Fsp3) is 0.333. The zero-order valence-electron chi connectivity index (χ0n) is 14.9. The number of rotatable bonds is 8. The highest BCUT2D eigenvalue weighted by Gasteiger charge is 2.16. The quantitative estimate of drug-likeness (QED) is 0.682. The van der Waals surface area contributed by atoms with E-state index in [-0.39, 0.29) is 10.7 Å². The van der Waals surface area contributed by atoms with Crippen molar-refractivity contribution in [2.45, 2.75) is 11.4 Å². The molecule has 0 unspecified atom stereocenters. The summed E-state index contributed by atoms with van der Waals surface area (Å²) in [6.07, 6.45) is 0. The molecular weight excluding hydrogens is 379 g/mol. The van der Waals surface area contributed by atoms with Gasteiger partial charge in [-0.3, -0.25) is 4.90 Å². The van der Waals surface area contributed by atoms with Crippen LogP contribution in [0, 0.1) is 5.82 Å². The molecule has 0 fully saturated rings. The lowest BCUT2D eigenvalue weighted by molar-refractivity contribution is 0.231. The molecule has 2 rings (SSSR count). The molecule has 0 aliphatic heterocycles. The Labute approximate surface area is 159 Å². The van der Waals surface area contributed by atoms with E-state index in [1.807, 2.05) is 11.9 Å². The molecule has 142 valence electrons. The van der Waals surface area contributed by atoms with Gasteiger partial charge in [-0.2, -0.15) is 0 Å². The number of benzene rings is 2. The summed E-state index contributed by atoms with van der Waals surface area (Å²) < 4.78 is 44.6. The van der Waals surface area contributed by atoms with E-state index in [1.165, 1.54) is 32.3 Å². The lowest BCUT2D eigenvalue weighted by Gasteiger charge is -2.18. The van der Waals surface area contributed by atoms with Gasteiger partial charge in [0, 0.05) is 37.8 Å². The molecular formula is C18H22ClFN2O3S. The van der Waals surface area contributed by atoms with Gasteiger partial charge in [0.25, 0.3) is 0 Å². The number of hydrogen-bond acceptors (Lipinski definition) is 4. The summed E-state index contributed by atoms with van der Waals surface area (Å²) >= 11 is 6.03. The summed E-state index contributed by atoms with van der Waals surface area (Å²) in [5.74, 6) is 0.239. The number of hydrogen-bond donors (Lipinski definition) is 0. The van der Waals surface area contributed by atoms with Crippen molar-refractivity contribution in [1.82, 2.24) is 9.21 Å². The molecule has 0 saturated heterocycles. The number of sulfonamides is 1. The van der Waals surface area contributed by atoms with Crippen molar-refractivity contribution in [3.05, 3.63) is 58.9 Å². The molecule has 2 aromatic rings. The molecule has 0 saturated carbocycles. The average molecular weight is 401 g/mol. The van der Waals surface area contributed by atoms with Crippen LogP contribution in [-0.4, -0.2) is 51.9 Å². The molecule has 0 aliphatic carbocycles. The van der Waals surface area contributed by atoms with Crippen molar-refractivity contribution < 1.29 is 17.5 Å². The molecule has 0 aromatic heterocycles. The van der Waals surface area contributed by atoms with Gasteiger partial charge >= 0.3 is 0 Å². The van der Waals surface area contributed by atoms with E-state index in [0.717, 1.165) is 4.31 Å². The largest absolute Gasteiger partial charge is 0.492 e. The Morgan fingerprint density at radius 1 is 1.08 bits per heavy atom. The van der Waals surface area contributed by atoms with Gasteiger partial charge in [-0.25, -0.2) is 17.1 Å². The standard InChI is InChI=1S/C18H22ClFN2O3S/c1-21(2)26(23,24)15-9-7-14(8-10-15)25-12-11-22(3)13-16-17(19)5-4-6-18(16)20/h4-10H,11-13H2,1-3H3. The number of halogens is 2. The number of likely N-dealkylation sites (N-methyl/N-ethyl adjacent to an activating group) is 1. The van der Waals surface area contributed by atoms with E-state index in [9.17, 15) is 12.8 Å². The molecule has 0 spiro atoms. The zero-order valence-corrected chi connectivity index (χ0v) is 16.5. The van der Waals surface area contributed by atoms with Crippen LogP contribution in [-0.2, 0) is 16.6 Å². The summed E-state index contributed by atoms with van der Waals surface area (Å²) in [7, 11) is 1.36. The average Bonchev–Trinajstić information content (AvgIpc) is 2.58. The lowest BCUT2D eigenvalue weighted by Crippen LogP contribution is -2.24. The summed E-state index contributed by atoms with van der Waals surface area (Å²) in [5, 5.41) is 0.399. The number of ether oxygens (including phenoxy) is 1. The van der Waals surface area contributed by atoms with E-state index >= 15 is 0 Å². The van der Waals surface area contributed by atoms with Crippen LogP contribution in [0.1, 0.15) is 5.56 Å². The van der Waals surface area contributed by atoms with E-state index in [0.29, 0.717) is 36.0 Å². The van der Waals surface area contributed by atoms with Crippen LogP contribution in [0.25, 0.3) is 0 Å². The molecule has 0 heterocycles. The van der Waals surface area contributed by atoms with E-state index < -0.39 is 10.0 Å². The molecule has 0 aliphatic rings. The first-order chi connectivity index (χ1) is 12.2. The summed E-state index contributed by atoms with van der Waals surface area (Å²) in [6.45, 7) is 1.31. The Bertz CT molecular complexity index is 822. The van der Waals surface area contributed by atoms with E-state index in [2.05, 4.69) is 0 Å². The van der Waals surface area contributed by atoms with Gasteiger partial charge in [0.1, 0.15) is 18.2 Å². The summed E-state index contributed by atoms with van der Waals surface area (Å²) in [4.78, 5) is 2.11. The zero-order chi connectivity index (χ0) is 19.3.